The molecule has 0 aliphatic rings. The van der Waals surface area contributed by atoms with Gasteiger partial charge in [-0.05, 0) is 35.6 Å². The van der Waals surface area contributed by atoms with Crippen LogP contribution in [-0.2, 0) is 4.74 Å². The zero-order valence-corrected chi connectivity index (χ0v) is 8.74. The van der Waals surface area contributed by atoms with Gasteiger partial charge in [0.15, 0.2) is 0 Å². The van der Waals surface area contributed by atoms with Crippen LogP contribution >= 0.6 is 22.6 Å². The van der Waals surface area contributed by atoms with Gasteiger partial charge in [0, 0.05) is 16.0 Å². The number of esters is 1. The number of hydrogen-bond acceptors (Lipinski definition) is 3. The van der Waals surface area contributed by atoms with Crippen LogP contribution < -0.4 is 0 Å². The van der Waals surface area contributed by atoms with Gasteiger partial charge in [-0.25, -0.2) is 4.79 Å². The van der Waals surface area contributed by atoms with Crippen molar-refractivity contribution in [3.63, 3.8) is 0 Å². The lowest BCUT2D eigenvalue weighted by Gasteiger charge is -2.01. The van der Waals surface area contributed by atoms with Crippen molar-refractivity contribution in [1.82, 2.24) is 4.98 Å². The highest BCUT2D eigenvalue weighted by Gasteiger charge is 2.09. The van der Waals surface area contributed by atoms with Crippen molar-refractivity contribution in [2.45, 2.75) is 6.92 Å². The number of pyridine rings is 1. The number of halogens is 1. The van der Waals surface area contributed by atoms with E-state index in [9.17, 15) is 4.79 Å². The normalized spacial score (nSPS) is 9.50. The van der Waals surface area contributed by atoms with E-state index in [1.54, 1.807) is 19.2 Å². The van der Waals surface area contributed by atoms with Crippen LogP contribution in [0.15, 0.2) is 18.5 Å². The average molecular weight is 277 g/mol. The summed E-state index contributed by atoms with van der Waals surface area (Å²) in [6, 6.07) is 1.77. The summed E-state index contributed by atoms with van der Waals surface area (Å²) in [5.41, 5.74) is 0.528. The lowest BCUT2D eigenvalue weighted by Crippen LogP contribution is -2.06. The zero-order valence-electron chi connectivity index (χ0n) is 6.58. The molecule has 0 radical (unpaired) electrons. The van der Waals surface area contributed by atoms with Gasteiger partial charge in [-0.2, -0.15) is 0 Å². The number of carbonyl (C=O) groups excluding carboxylic acids is 1. The summed E-state index contributed by atoms with van der Waals surface area (Å²) in [4.78, 5) is 15.0. The minimum Gasteiger partial charge on any atom is -0.462 e. The average Bonchev–Trinajstić information content (AvgIpc) is 2.05. The smallest absolute Gasteiger partial charge is 0.340 e. The quantitative estimate of drug-likeness (QED) is 0.612. The molecule has 1 rings (SSSR count). The Balaban J connectivity index is 2.87. The molecule has 0 aliphatic carbocycles. The Bertz CT molecular complexity index is 288. The Kier molecular flexibility index (Phi) is 3.46. The van der Waals surface area contributed by atoms with Crippen molar-refractivity contribution in [3.8, 4) is 0 Å². The molecule has 0 saturated heterocycles. The van der Waals surface area contributed by atoms with Crippen molar-refractivity contribution in [2.24, 2.45) is 0 Å². The number of nitrogens with zero attached hydrogens (tertiary/aromatic N) is 1. The summed E-state index contributed by atoms with van der Waals surface area (Å²) >= 11 is 2.07. The van der Waals surface area contributed by atoms with E-state index in [-0.39, 0.29) is 5.97 Å². The molecular formula is C8H8INO2. The van der Waals surface area contributed by atoms with Crippen molar-refractivity contribution in [2.75, 3.05) is 6.61 Å². The van der Waals surface area contributed by atoms with Gasteiger partial charge < -0.3 is 4.74 Å². The highest BCUT2D eigenvalue weighted by Crippen LogP contribution is 2.10. The fraction of sp³-hybridized carbons (Fsp3) is 0.250. The Hall–Kier alpha value is -0.650. The number of ether oxygens (including phenoxy) is 1. The molecule has 12 heavy (non-hydrogen) atoms. The van der Waals surface area contributed by atoms with E-state index in [0.29, 0.717) is 12.2 Å². The van der Waals surface area contributed by atoms with Crippen LogP contribution in [0.3, 0.4) is 0 Å². The van der Waals surface area contributed by atoms with Crippen molar-refractivity contribution in [1.29, 1.82) is 0 Å². The summed E-state index contributed by atoms with van der Waals surface area (Å²) in [5.74, 6) is -0.310. The van der Waals surface area contributed by atoms with Crippen LogP contribution in [0.5, 0.6) is 0 Å². The molecule has 0 aromatic carbocycles. The van der Waals surface area contributed by atoms with E-state index in [0.717, 1.165) is 3.57 Å². The van der Waals surface area contributed by atoms with Gasteiger partial charge >= 0.3 is 5.97 Å². The second kappa shape index (κ2) is 4.39. The van der Waals surface area contributed by atoms with Crippen LogP contribution in [0.25, 0.3) is 0 Å². The van der Waals surface area contributed by atoms with Crippen LogP contribution in [0.2, 0.25) is 0 Å². The number of rotatable bonds is 2. The first-order valence-electron chi connectivity index (χ1n) is 3.52. The molecule has 0 fully saturated rings. The Morgan fingerprint density at radius 3 is 3.08 bits per heavy atom. The van der Waals surface area contributed by atoms with Gasteiger partial charge in [-0.1, -0.05) is 0 Å². The van der Waals surface area contributed by atoms with Gasteiger partial charge in [0.2, 0.25) is 0 Å². The Labute approximate surface area is 84.3 Å². The molecule has 0 N–H and O–H groups in total. The molecule has 0 spiro atoms. The van der Waals surface area contributed by atoms with Crippen LogP contribution in [0, 0.1) is 3.57 Å². The van der Waals surface area contributed by atoms with Crippen molar-refractivity contribution < 1.29 is 9.53 Å². The Morgan fingerprint density at radius 1 is 1.75 bits per heavy atom. The largest absolute Gasteiger partial charge is 0.462 e. The molecule has 0 bridgehead atoms. The monoisotopic (exact) mass is 277 g/mol. The van der Waals surface area contributed by atoms with Crippen molar-refractivity contribution in [3.05, 3.63) is 27.6 Å². The SMILES string of the molecule is CCOC(=O)c1cnccc1I. The summed E-state index contributed by atoms with van der Waals surface area (Å²) in [6.07, 6.45) is 3.16. The maximum Gasteiger partial charge on any atom is 0.340 e. The zero-order chi connectivity index (χ0) is 8.97. The first-order chi connectivity index (χ1) is 5.75. The van der Waals surface area contributed by atoms with Gasteiger partial charge in [-0.3, -0.25) is 4.98 Å². The third-order valence-corrected chi connectivity index (χ3v) is 2.20. The third-order valence-electron chi connectivity index (χ3n) is 1.26. The summed E-state index contributed by atoms with van der Waals surface area (Å²) in [7, 11) is 0. The van der Waals surface area contributed by atoms with Gasteiger partial charge in [0.25, 0.3) is 0 Å². The molecular weight excluding hydrogens is 269 g/mol. The molecule has 64 valence electrons. The standard InChI is InChI=1S/C8H8INO2/c1-2-12-8(11)6-5-10-4-3-7(6)9/h3-5H,2H2,1H3. The van der Waals surface area contributed by atoms with Crippen LogP contribution in [-0.4, -0.2) is 17.6 Å². The highest BCUT2D eigenvalue weighted by molar-refractivity contribution is 14.1. The maximum atomic E-state index is 11.2. The maximum absolute atomic E-state index is 11.2. The fourth-order valence-electron chi connectivity index (χ4n) is 0.737. The molecule has 1 heterocycles. The summed E-state index contributed by atoms with van der Waals surface area (Å²) in [6.45, 7) is 2.17. The first-order valence-corrected chi connectivity index (χ1v) is 4.60. The molecule has 0 atom stereocenters. The van der Waals surface area contributed by atoms with Gasteiger partial charge in [0.1, 0.15) is 0 Å². The number of aromatic nitrogens is 1. The predicted octanol–water partition coefficient (Wildman–Crippen LogP) is 1.86. The van der Waals surface area contributed by atoms with Gasteiger partial charge in [0.05, 0.1) is 12.2 Å². The molecule has 0 aliphatic heterocycles. The number of carbonyl (C=O) groups is 1. The van der Waals surface area contributed by atoms with Gasteiger partial charge in [-0.15, -0.1) is 0 Å². The molecule has 3 nitrogen and oxygen atoms in total. The van der Waals surface area contributed by atoms with E-state index in [2.05, 4.69) is 27.6 Å². The first kappa shape index (κ1) is 9.44. The molecule has 4 heteroatoms. The molecule has 0 amide bonds. The second-order valence-corrected chi connectivity index (χ2v) is 3.24. The van der Waals surface area contributed by atoms with E-state index >= 15 is 0 Å². The summed E-state index contributed by atoms with van der Waals surface area (Å²) < 4.78 is 5.69. The topological polar surface area (TPSA) is 39.2 Å². The number of hydrogen-bond donors (Lipinski definition) is 0. The molecule has 0 saturated carbocycles. The molecule has 0 unspecified atom stereocenters. The minimum atomic E-state index is -0.310. The highest BCUT2D eigenvalue weighted by atomic mass is 127. The molecule has 1 aromatic heterocycles. The van der Waals surface area contributed by atoms with E-state index in [1.165, 1.54) is 6.20 Å². The van der Waals surface area contributed by atoms with E-state index in [4.69, 9.17) is 4.74 Å². The fourth-order valence-corrected chi connectivity index (χ4v) is 1.26. The van der Waals surface area contributed by atoms with Crippen LogP contribution in [0.1, 0.15) is 17.3 Å². The summed E-state index contributed by atoms with van der Waals surface area (Å²) in [5, 5.41) is 0. The lowest BCUT2D eigenvalue weighted by atomic mass is 10.3. The third kappa shape index (κ3) is 2.17. The lowest BCUT2D eigenvalue weighted by molar-refractivity contribution is 0.0524. The Morgan fingerprint density at radius 2 is 2.50 bits per heavy atom. The molecule has 1 aromatic rings. The predicted molar refractivity (Wildman–Crippen MR) is 52.9 cm³/mol. The van der Waals surface area contributed by atoms with E-state index < -0.39 is 0 Å². The van der Waals surface area contributed by atoms with Crippen LogP contribution in [0.4, 0.5) is 0 Å². The minimum absolute atomic E-state index is 0.310. The second-order valence-electron chi connectivity index (χ2n) is 2.08. The van der Waals surface area contributed by atoms with Crippen molar-refractivity contribution >= 4 is 28.6 Å². The van der Waals surface area contributed by atoms with E-state index in [1.807, 2.05) is 0 Å².